The van der Waals surface area contributed by atoms with E-state index in [1.54, 1.807) is 0 Å². The summed E-state index contributed by atoms with van der Waals surface area (Å²) in [7, 11) is -1.61. The van der Waals surface area contributed by atoms with E-state index < -0.39 is 24.4 Å². The molecule has 8 heteroatoms. The first-order valence-corrected chi connectivity index (χ1v) is 8.93. The number of rotatable bonds is 8. The van der Waals surface area contributed by atoms with Crippen molar-refractivity contribution in [2.75, 3.05) is 0 Å². The van der Waals surface area contributed by atoms with Crippen LogP contribution in [0.2, 0.25) is 5.82 Å². The fourth-order valence-electron chi connectivity index (χ4n) is 3.15. The molecule has 3 N–H and O–H groups in total. The van der Waals surface area contributed by atoms with Crippen molar-refractivity contribution in [1.29, 1.82) is 0 Å². The van der Waals surface area contributed by atoms with Gasteiger partial charge in [0, 0.05) is 24.6 Å². The summed E-state index contributed by atoms with van der Waals surface area (Å²) in [5.74, 6) is -1.27. The van der Waals surface area contributed by atoms with Crippen LogP contribution in [0.5, 0.6) is 0 Å². The molecular weight excluding hydrogens is 345 g/mol. The summed E-state index contributed by atoms with van der Waals surface area (Å²) in [6, 6.07) is 7.72. The summed E-state index contributed by atoms with van der Waals surface area (Å²) in [4.78, 5) is 32.9. The van der Waals surface area contributed by atoms with E-state index in [9.17, 15) is 19.6 Å². The molecule has 1 saturated carbocycles. The number of amides is 1. The first-order chi connectivity index (χ1) is 12.9. The van der Waals surface area contributed by atoms with E-state index in [2.05, 4.69) is 15.3 Å². The summed E-state index contributed by atoms with van der Waals surface area (Å²) in [6.45, 7) is 1.96. The van der Waals surface area contributed by atoms with E-state index in [0.29, 0.717) is 19.3 Å². The number of hydrogen-bond acceptors (Lipinski definition) is 6. The number of nitrogens with one attached hydrogen (secondary N) is 1. The number of carbonyl (C=O) groups is 2. The molecule has 1 aromatic carbocycles. The second-order valence-corrected chi connectivity index (χ2v) is 7.12. The van der Waals surface area contributed by atoms with Gasteiger partial charge in [-0.05, 0) is 31.7 Å². The minimum Gasteiger partial charge on any atom is -0.427 e. The summed E-state index contributed by atoms with van der Waals surface area (Å²) >= 11 is 0. The Morgan fingerprint density at radius 2 is 2.07 bits per heavy atom. The molecule has 0 spiro atoms. The van der Waals surface area contributed by atoms with Crippen molar-refractivity contribution in [3.05, 3.63) is 59.7 Å². The van der Waals surface area contributed by atoms with Crippen LogP contribution in [0.15, 0.2) is 42.9 Å². The van der Waals surface area contributed by atoms with Gasteiger partial charge in [-0.3, -0.25) is 14.6 Å². The number of carbonyl (C=O) groups excluding carboxylic acids is 2. The van der Waals surface area contributed by atoms with Crippen LogP contribution in [-0.2, 0) is 11.2 Å². The van der Waals surface area contributed by atoms with E-state index in [1.807, 2.05) is 31.2 Å². The maximum atomic E-state index is 12.8. The van der Waals surface area contributed by atoms with Gasteiger partial charge in [0.15, 0.2) is 5.78 Å². The number of aryl methyl sites for hydroxylation is 1. The van der Waals surface area contributed by atoms with Crippen molar-refractivity contribution < 1.29 is 19.6 Å². The Morgan fingerprint density at radius 3 is 2.67 bits per heavy atom. The number of benzene rings is 1. The van der Waals surface area contributed by atoms with Crippen molar-refractivity contribution in [3.8, 4) is 0 Å². The third-order valence-electron chi connectivity index (χ3n) is 4.88. The van der Waals surface area contributed by atoms with Gasteiger partial charge in [-0.2, -0.15) is 0 Å². The topological polar surface area (TPSA) is 112 Å². The van der Waals surface area contributed by atoms with Gasteiger partial charge in [-0.1, -0.05) is 29.8 Å². The molecule has 2 aromatic rings. The lowest BCUT2D eigenvalue weighted by atomic mass is 9.66. The van der Waals surface area contributed by atoms with Crippen LogP contribution in [-0.4, -0.2) is 44.4 Å². The third kappa shape index (κ3) is 4.78. The van der Waals surface area contributed by atoms with Crippen molar-refractivity contribution in [2.45, 2.75) is 44.0 Å². The molecule has 1 aliphatic carbocycles. The van der Waals surface area contributed by atoms with Gasteiger partial charge in [-0.15, -0.1) is 0 Å². The van der Waals surface area contributed by atoms with Gasteiger partial charge in [0.25, 0.3) is 5.91 Å². The number of ketones is 1. The van der Waals surface area contributed by atoms with Gasteiger partial charge in [0.1, 0.15) is 5.69 Å². The summed E-state index contributed by atoms with van der Waals surface area (Å²) in [5, 5.41) is 22.2. The second kappa shape index (κ2) is 7.98. The minimum atomic E-state index is -1.61. The average molecular weight is 367 g/mol. The smallest absolute Gasteiger partial charge is 0.427 e. The molecule has 0 bridgehead atoms. The molecule has 0 saturated heterocycles. The zero-order valence-electron chi connectivity index (χ0n) is 15.1. The Bertz CT molecular complexity index is 825. The van der Waals surface area contributed by atoms with Gasteiger partial charge in [-0.25, -0.2) is 4.98 Å². The summed E-state index contributed by atoms with van der Waals surface area (Å²) in [5.41, 5.74) is 1.22. The Labute approximate surface area is 158 Å². The van der Waals surface area contributed by atoms with Gasteiger partial charge >= 0.3 is 7.12 Å². The van der Waals surface area contributed by atoms with Crippen molar-refractivity contribution in [2.24, 2.45) is 0 Å². The van der Waals surface area contributed by atoms with E-state index in [-0.39, 0.29) is 17.9 Å². The zero-order valence-corrected chi connectivity index (χ0v) is 15.1. The monoisotopic (exact) mass is 367 g/mol. The Hall–Kier alpha value is -2.58. The quantitative estimate of drug-likeness (QED) is 0.602. The third-order valence-corrected chi connectivity index (χ3v) is 4.88. The normalized spacial score (nSPS) is 15.7. The fraction of sp³-hybridized carbons (Fsp3) is 0.368. The Kier molecular flexibility index (Phi) is 5.67. The zero-order chi connectivity index (χ0) is 19.4. The predicted octanol–water partition coefficient (Wildman–Crippen LogP) is 1.09. The van der Waals surface area contributed by atoms with Crippen molar-refractivity contribution in [3.63, 3.8) is 0 Å². The lowest BCUT2D eigenvalue weighted by molar-refractivity contribution is -0.122. The SMILES string of the molecule is Cc1cccc(C[C@H](CC(=O)C2(NC(=O)c3cnccn3)CC2)B(O)O)c1. The molecule has 1 amide bonds. The lowest BCUT2D eigenvalue weighted by Gasteiger charge is -2.20. The standard InChI is InChI=1S/C19H22BN3O4/c1-13-3-2-4-14(9-13)10-15(20(26)27)11-17(24)19(5-6-19)23-18(25)16-12-21-7-8-22-16/h2-4,7-9,12,15,26-27H,5-6,10-11H2,1H3,(H,23,25)/t15-/m1/s1. The van der Waals surface area contributed by atoms with Crippen LogP contribution in [0.4, 0.5) is 0 Å². The first-order valence-electron chi connectivity index (χ1n) is 8.93. The van der Waals surface area contributed by atoms with Gasteiger partial charge in [0.2, 0.25) is 0 Å². The van der Waals surface area contributed by atoms with Crippen molar-refractivity contribution >= 4 is 18.8 Å². The Balaban J connectivity index is 1.65. The van der Waals surface area contributed by atoms with Crippen LogP contribution < -0.4 is 5.32 Å². The number of nitrogens with zero attached hydrogens (tertiary/aromatic N) is 2. The predicted molar refractivity (Wildman–Crippen MR) is 99.9 cm³/mol. The highest BCUT2D eigenvalue weighted by atomic mass is 16.4. The molecule has 1 aliphatic rings. The second-order valence-electron chi connectivity index (χ2n) is 7.12. The van der Waals surface area contributed by atoms with Gasteiger partial charge < -0.3 is 15.4 Å². The number of Topliss-reactive ketones (excluding diaryl/α,β-unsaturated/α-hetero) is 1. The summed E-state index contributed by atoms with van der Waals surface area (Å²) in [6.07, 6.45) is 5.65. The molecule has 0 radical (unpaired) electrons. The largest absolute Gasteiger partial charge is 0.455 e. The average Bonchev–Trinajstić information content (AvgIpc) is 3.42. The van der Waals surface area contributed by atoms with Crippen LogP contribution in [0, 0.1) is 6.92 Å². The van der Waals surface area contributed by atoms with Crippen molar-refractivity contribution in [1.82, 2.24) is 15.3 Å². The van der Waals surface area contributed by atoms with E-state index >= 15 is 0 Å². The highest BCUT2D eigenvalue weighted by Crippen LogP contribution is 2.39. The molecular formula is C19H22BN3O4. The maximum Gasteiger partial charge on any atom is 0.455 e. The highest BCUT2D eigenvalue weighted by Gasteiger charge is 2.51. The molecule has 1 aromatic heterocycles. The Morgan fingerprint density at radius 1 is 1.30 bits per heavy atom. The molecule has 3 rings (SSSR count). The molecule has 1 atom stereocenters. The molecule has 1 fully saturated rings. The fourth-order valence-corrected chi connectivity index (χ4v) is 3.15. The van der Waals surface area contributed by atoms with Crippen LogP contribution in [0.3, 0.4) is 0 Å². The number of hydrogen-bond donors (Lipinski definition) is 3. The maximum absolute atomic E-state index is 12.8. The van der Waals surface area contributed by atoms with Crippen LogP contribution in [0.1, 0.15) is 40.9 Å². The van der Waals surface area contributed by atoms with Crippen LogP contribution >= 0.6 is 0 Å². The van der Waals surface area contributed by atoms with Gasteiger partial charge in [0.05, 0.1) is 11.7 Å². The molecule has 140 valence electrons. The first kappa shape index (κ1) is 19.2. The molecule has 0 unspecified atom stereocenters. The van der Waals surface area contributed by atoms with Crippen LogP contribution in [0.25, 0.3) is 0 Å². The lowest BCUT2D eigenvalue weighted by Crippen LogP contribution is -2.44. The van der Waals surface area contributed by atoms with E-state index in [0.717, 1.165) is 11.1 Å². The summed E-state index contributed by atoms with van der Waals surface area (Å²) < 4.78 is 0. The van der Waals surface area contributed by atoms with E-state index in [1.165, 1.54) is 18.6 Å². The van der Waals surface area contributed by atoms with E-state index in [4.69, 9.17) is 0 Å². The minimum absolute atomic E-state index is 0.0215. The molecule has 7 nitrogen and oxygen atoms in total. The molecule has 27 heavy (non-hydrogen) atoms. The molecule has 1 heterocycles. The number of aromatic nitrogens is 2. The highest BCUT2D eigenvalue weighted by molar-refractivity contribution is 6.43. The molecule has 0 aliphatic heterocycles.